The fourth-order valence-corrected chi connectivity index (χ4v) is 2.09. The van der Waals surface area contributed by atoms with E-state index in [-0.39, 0.29) is 17.5 Å². The van der Waals surface area contributed by atoms with Crippen LogP contribution in [0, 0.1) is 5.82 Å². The van der Waals surface area contributed by atoms with Crippen molar-refractivity contribution in [1.82, 2.24) is 9.97 Å². The highest BCUT2D eigenvalue weighted by Crippen LogP contribution is 2.30. The van der Waals surface area contributed by atoms with E-state index in [1.54, 1.807) is 12.1 Å². The molecule has 0 N–H and O–H groups in total. The first-order valence-electron chi connectivity index (χ1n) is 6.06. The van der Waals surface area contributed by atoms with Gasteiger partial charge in [0.15, 0.2) is 17.3 Å². The summed E-state index contributed by atoms with van der Waals surface area (Å²) in [7, 11) is 0. The summed E-state index contributed by atoms with van der Waals surface area (Å²) in [5.74, 6) is 1.05. The lowest BCUT2D eigenvalue weighted by atomic mass is 10.2. The minimum atomic E-state index is -0.457. The minimum Gasteiger partial charge on any atom is -0.451 e. The molecule has 0 radical (unpaired) electrons. The molecule has 0 aliphatic rings. The van der Waals surface area contributed by atoms with E-state index in [1.165, 1.54) is 12.3 Å². The van der Waals surface area contributed by atoms with Gasteiger partial charge in [-0.25, -0.2) is 14.4 Å². The third kappa shape index (κ3) is 3.46. The molecule has 3 nitrogen and oxygen atoms in total. The summed E-state index contributed by atoms with van der Waals surface area (Å²) in [6.45, 7) is 3.98. The topological polar surface area (TPSA) is 35.0 Å². The number of rotatable bonds is 4. The summed E-state index contributed by atoms with van der Waals surface area (Å²) in [4.78, 5) is 8.54. The first-order valence-corrected chi connectivity index (χ1v) is 7.38. The Labute approximate surface area is 130 Å². The molecular formula is C14H13BrClFN2O. The minimum absolute atomic E-state index is 0.103. The zero-order valence-electron chi connectivity index (χ0n) is 11.0. The van der Waals surface area contributed by atoms with Crippen LogP contribution in [0.15, 0.2) is 28.9 Å². The number of benzene rings is 1. The van der Waals surface area contributed by atoms with E-state index in [4.69, 9.17) is 16.3 Å². The molecule has 0 bridgehead atoms. The molecule has 1 aromatic carbocycles. The molecule has 0 aliphatic heterocycles. The van der Waals surface area contributed by atoms with Crippen molar-refractivity contribution in [2.45, 2.75) is 25.6 Å². The number of alkyl halides is 1. The molecule has 0 unspecified atom stereocenters. The van der Waals surface area contributed by atoms with Gasteiger partial charge in [0.1, 0.15) is 11.5 Å². The molecule has 2 rings (SSSR count). The molecule has 0 fully saturated rings. The molecule has 0 aliphatic carbocycles. The Morgan fingerprint density at radius 1 is 1.35 bits per heavy atom. The molecule has 0 atom stereocenters. The van der Waals surface area contributed by atoms with Crippen molar-refractivity contribution in [3.63, 3.8) is 0 Å². The second kappa shape index (κ2) is 6.50. The van der Waals surface area contributed by atoms with Crippen molar-refractivity contribution in [2.24, 2.45) is 0 Å². The van der Waals surface area contributed by atoms with Gasteiger partial charge in [-0.1, -0.05) is 29.8 Å². The van der Waals surface area contributed by atoms with Crippen LogP contribution in [0.1, 0.15) is 31.3 Å². The van der Waals surface area contributed by atoms with Crippen LogP contribution in [0.4, 0.5) is 4.39 Å². The van der Waals surface area contributed by atoms with Crippen molar-refractivity contribution in [2.75, 3.05) is 0 Å². The highest BCUT2D eigenvalue weighted by atomic mass is 79.9. The van der Waals surface area contributed by atoms with Gasteiger partial charge in [-0.2, -0.15) is 0 Å². The summed E-state index contributed by atoms with van der Waals surface area (Å²) in [5, 5.41) is 0. The van der Waals surface area contributed by atoms with E-state index in [2.05, 4.69) is 25.9 Å². The average Bonchev–Trinajstić information content (AvgIpc) is 2.43. The quantitative estimate of drug-likeness (QED) is 0.718. The van der Waals surface area contributed by atoms with E-state index < -0.39 is 5.82 Å². The number of halogens is 3. The molecular weight excluding hydrogens is 347 g/mol. The highest BCUT2D eigenvalue weighted by molar-refractivity contribution is 9.10. The Bertz CT molecular complexity index is 622. The maximum absolute atomic E-state index is 13.7. The lowest BCUT2D eigenvalue weighted by Crippen LogP contribution is -2.03. The summed E-state index contributed by atoms with van der Waals surface area (Å²) < 4.78 is 19.9. The van der Waals surface area contributed by atoms with Gasteiger partial charge in [0.2, 0.25) is 0 Å². The van der Waals surface area contributed by atoms with Crippen LogP contribution >= 0.6 is 27.5 Å². The molecule has 20 heavy (non-hydrogen) atoms. The Kier molecular flexibility index (Phi) is 4.94. The average molecular weight is 360 g/mol. The van der Waals surface area contributed by atoms with Gasteiger partial charge in [-0.05, 0) is 18.2 Å². The largest absolute Gasteiger partial charge is 0.451 e. The van der Waals surface area contributed by atoms with Gasteiger partial charge in [0.25, 0.3) is 0 Å². The Morgan fingerprint density at radius 3 is 2.75 bits per heavy atom. The smallest absolute Gasteiger partial charge is 0.168 e. The van der Waals surface area contributed by atoms with Crippen molar-refractivity contribution in [3.8, 4) is 11.5 Å². The summed E-state index contributed by atoms with van der Waals surface area (Å²) >= 11 is 9.14. The Balaban J connectivity index is 2.35. The summed E-state index contributed by atoms with van der Waals surface area (Å²) in [5.41, 5.74) is 0.546. The van der Waals surface area contributed by atoms with E-state index in [1.807, 2.05) is 13.8 Å². The van der Waals surface area contributed by atoms with E-state index in [0.29, 0.717) is 17.3 Å². The lowest BCUT2D eigenvalue weighted by Gasteiger charge is -2.12. The third-order valence-electron chi connectivity index (χ3n) is 2.60. The molecule has 0 saturated carbocycles. The number of hydrogen-bond donors (Lipinski definition) is 0. The molecule has 6 heteroatoms. The maximum atomic E-state index is 13.7. The predicted molar refractivity (Wildman–Crippen MR) is 79.9 cm³/mol. The molecule has 2 aromatic rings. The number of hydrogen-bond acceptors (Lipinski definition) is 3. The molecule has 0 amide bonds. The van der Waals surface area contributed by atoms with Gasteiger partial charge < -0.3 is 4.74 Å². The molecule has 106 valence electrons. The SMILES string of the molecule is CC(C)c1ncc(Oc2cc(Br)ccc2F)c(CCl)n1. The van der Waals surface area contributed by atoms with Crippen molar-refractivity contribution in [1.29, 1.82) is 0 Å². The van der Waals surface area contributed by atoms with Crippen LogP contribution in [-0.2, 0) is 5.88 Å². The van der Waals surface area contributed by atoms with Crippen LogP contribution in [-0.4, -0.2) is 9.97 Å². The van der Waals surface area contributed by atoms with Gasteiger partial charge in [-0.3, -0.25) is 0 Å². The predicted octanol–water partition coefficient (Wildman–Crippen LogP) is 5.03. The first kappa shape index (κ1) is 15.2. The zero-order chi connectivity index (χ0) is 14.7. The van der Waals surface area contributed by atoms with Gasteiger partial charge >= 0.3 is 0 Å². The number of ether oxygens (including phenoxy) is 1. The zero-order valence-corrected chi connectivity index (χ0v) is 13.4. The maximum Gasteiger partial charge on any atom is 0.168 e. The molecule has 0 spiro atoms. The second-order valence-corrected chi connectivity index (χ2v) is 5.69. The van der Waals surface area contributed by atoms with Gasteiger partial charge in [0, 0.05) is 10.4 Å². The fraction of sp³-hybridized carbons (Fsp3) is 0.286. The Morgan fingerprint density at radius 2 is 2.10 bits per heavy atom. The number of nitrogens with zero attached hydrogens (tertiary/aromatic N) is 2. The monoisotopic (exact) mass is 358 g/mol. The normalized spacial score (nSPS) is 10.9. The van der Waals surface area contributed by atoms with E-state index in [0.717, 1.165) is 4.47 Å². The first-order chi connectivity index (χ1) is 9.51. The van der Waals surface area contributed by atoms with Crippen LogP contribution in [0.3, 0.4) is 0 Å². The molecule has 1 aromatic heterocycles. The molecule has 1 heterocycles. The third-order valence-corrected chi connectivity index (χ3v) is 3.35. The fourth-order valence-electron chi connectivity index (χ4n) is 1.55. The van der Waals surface area contributed by atoms with Crippen LogP contribution in [0.25, 0.3) is 0 Å². The van der Waals surface area contributed by atoms with Crippen LogP contribution in [0.2, 0.25) is 0 Å². The van der Waals surface area contributed by atoms with Crippen molar-refractivity contribution < 1.29 is 9.13 Å². The standard InChI is InChI=1S/C14H13BrClFN2O/c1-8(2)14-18-7-13(11(6-16)19-14)20-12-5-9(15)3-4-10(12)17/h3-5,7-8H,6H2,1-2H3. The van der Waals surface area contributed by atoms with E-state index >= 15 is 0 Å². The van der Waals surface area contributed by atoms with E-state index in [9.17, 15) is 4.39 Å². The van der Waals surface area contributed by atoms with Crippen LogP contribution in [0.5, 0.6) is 11.5 Å². The van der Waals surface area contributed by atoms with Gasteiger partial charge in [-0.15, -0.1) is 11.6 Å². The lowest BCUT2D eigenvalue weighted by molar-refractivity contribution is 0.433. The van der Waals surface area contributed by atoms with Crippen molar-refractivity contribution in [3.05, 3.63) is 46.2 Å². The van der Waals surface area contributed by atoms with Crippen molar-refractivity contribution >= 4 is 27.5 Å². The summed E-state index contributed by atoms with van der Waals surface area (Å²) in [6.07, 6.45) is 1.53. The number of aromatic nitrogens is 2. The van der Waals surface area contributed by atoms with Gasteiger partial charge in [0.05, 0.1) is 12.1 Å². The second-order valence-electron chi connectivity index (χ2n) is 4.50. The molecule has 0 saturated heterocycles. The van der Waals surface area contributed by atoms with Crippen LogP contribution < -0.4 is 4.74 Å². The summed E-state index contributed by atoms with van der Waals surface area (Å²) in [6, 6.07) is 4.47. The highest BCUT2D eigenvalue weighted by Gasteiger charge is 2.13. The Hall–Kier alpha value is -1.20.